The molecule has 32 heavy (non-hydrogen) atoms. The van der Waals surface area contributed by atoms with Gasteiger partial charge in [-0.05, 0) is 43.5 Å². The quantitative estimate of drug-likeness (QED) is 0.618. The smallest absolute Gasteiger partial charge is 0.250 e. The molecule has 164 valence electrons. The molecule has 0 unspecified atom stereocenters. The summed E-state index contributed by atoms with van der Waals surface area (Å²) in [6.45, 7) is 4.14. The van der Waals surface area contributed by atoms with Crippen LogP contribution < -0.4 is 9.64 Å². The molecule has 7 nitrogen and oxygen atoms in total. The van der Waals surface area contributed by atoms with Crippen LogP contribution in [0.2, 0.25) is 0 Å². The van der Waals surface area contributed by atoms with E-state index in [2.05, 4.69) is 5.16 Å². The van der Waals surface area contributed by atoms with Gasteiger partial charge in [-0.1, -0.05) is 41.6 Å². The number of carbonyl (C=O) groups is 2. The van der Waals surface area contributed by atoms with Crippen molar-refractivity contribution in [2.75, 3.05) is 18.6 Å². The van der Waals surface area contributed by atoms with E-state index in [9.17, 15) is 9.59 Å². The molecule has 2 aliphatic rings. The highest BCUT2D eigenvalue weighted by atomic mass is 16.5. The zero-order valence-electron chi connectivity index (χ0n) is 18.4. The lowest BCUT2D eigenvalue weighted by atomic mass is 10.0. The van der Waals surface area contributed by atoms with Crippen LogP contribution in [-0.2, 0) is 16.0 Å². The molecule has 2 aliphatic heterocycles. The van der Waals surface area contributed by atoms with E-state index in [1.165, 1.54) is 0 Å². The number of fused-ring (bicyclic) bond motifs is 2. The summed E-state index contributed by atoms with van der Waals surface area (Å²) in [4.78, 5) is 29.9. The lowest BCUT2D eigenvalue weighted by Crippen LogP contribution is -2.53. The predicted molar refractivity (Wildman–Crippen MR) is 120 cm³/mol. The fourth-order valence-corrected chi connectivity index (χ4v) is 4.86. The van der Waals surface area contributed by atoms with Crippen molar-refractivity contribution in [1.82, 2.24) is 10.1 Å². The van der Waals surface area contributed by atoms with E-state index in [0.29, 0.717) is 24.5 Å². The van der Waals surface area contributed by atoms with Gasteiger partial charge in [0.2, 0.25) is 11.8 Å². The first-order valence-electron chi connectivity index (χ1n) is 10.8. The number of rotatable bonds is 5. The lowest BCUT2D eigenvalue weighted by Gasteiger charge is -2.34. The van der Waals surface area contributed by atoms with Gasteiger partial charge in [-0.15, -0.1) is 0 Å². The number of carbonyl (C=O) groups excluding carboxylic acids is 2. The Morgan fingerprint density at radius 3 is 2.59 bits per heavy atom. The topological polar surface area (TPSA) is 75.9 Å². The molecule has 3 aromatic rings. The lowest BCUT2D eigenvalue weighted by molar-refractivity contribution is -0.137. The van der Waals surface area contributed by atoms with Gasteiger partial charge in [0, 0.05) is 12.1 Å². The number of aromatic nitrogens is 1. The SMILES string of the molecule is COc1ccc(-c2ccccc2)cc1N1C(=O)[C@@H]2C[C@H]1CN2C(=O)Cc1c(C)noc1C. The molecule has 2 bridgehead atoms. The van der Waals surface area contributed by atoms with Crippen molar-refractivity contribution in [3.8, 4) is 16.9 Å². The van der Waals surface area contributed by atoms with E-state index in [0.717, 1.165) is 28.1 Å². The maximum atomic E-state index is 13.4. The maximum absolute atomic E-state index is 13.4. The molecule has 3 heterocycles. The molecule has 2 amide bonds. The third kappa shape index (κ3) is 3.25. The number of anilines is 1. The van der Waals surface area contributed by atoms with Gasteiger partial charge in [0.1, 0.15) is 17.6 Å². The number of likely N-dealkylation sites (tertiary alicyclic amines) is 1. The number of hydrogen-bond donors (Lipinski definition) is 0. The number of piperazine rings is 1. The van der Waals surface area contributed by atoms with Crippen molar-refractivity contribution in [2.45, 2.75) is 38.8 Å². The van der Waals surface area contributed by atoms with E-state index in [1.807, 2.05) is 60.4 Å². The van der Waals surface area contributed by atoms with Crippen LogP contribution in [0.5, 0.6) is 5.75 Å². The zero-order chi connectivity index (χ0) is 22.4. The van der Waals surface area contributed by atoms with Gasteiger partial charge in [-0.3, -0.25) is 9.59 Å². The molecule has 5 rings (SSSR count). The number of ether oxygens (including phenoxy) is 1. The van der Waals surface area contributed by atoms with E-state index in [4.69, 9.17) is 9.26 Å². The fraction of sp³-hybridized carbons (Fsp3) is 0.320. The normalized spacial score (nSPS) is 19.7. The van der Waals surface area contributed by atoms with Crippen LogP contribution in [0.4, 0.5) is 5.69 Å². The third-order valence-corrected chi connectivity index (χ3v) is 6.54. The minimum atomic E-state index is -0.446. The fourth-order valence-electron chi connectivity index (χ4n) is 4.86. The van der Waals surface area contributed by atoms with Gasteiger partial charge >= 0.3 is 0 Å². The summed E-state index contributed by atoms with van der Waals surface area (Å²) in [6.07, 6.45) is 0.829. The second-order valence-electron chi connectivity index (χ2n) is 8.39. The summed E-state index contributed by atoms with van der Waals surface area (Å²) in [7, 11) is 1.61. The molecule has 2 atom stereocenters. The number of methoxy groups -OCH3 is 1. The summed E-state index contributed by atoms with van der Waals surface area (Å²) in [5.41, 5.74) is 4.37. The predicted octanol–water partition coefficient (Wildman–Crippen LogP) is 3.53. The summed E-state index contributed by atoms with van der Waals surface area (Å²) in [6, 6.07) is 15.4. The highest BCUT2D eigenvalue weighted by Crippen LogP contribution is 2.42. The van der Waals surface area contributed by atoms with E-state index >= 15 is 0 Å². The minimum Gasteiger partial charge on any atom is -0.495 e. The number of amides is 2. The van der Waals surface area contributed by atoms with Gasteiger partial charge in [-0.25, -0.2) is 0 Å². The second-order valence-corrected chi connectivity index (χ2v) is 8.39. The second kappa shape index (κ2) is 7.82. The standard InChI is InChI=1S/C25H25N3O4/c1-15-20(16(2)32-26-15)13-24(29)27-14-19-12-22(27)25(30)28(19)21-11-18(9-10-23(21)31-3)17-7-5-4-6-8-17/h4-11,19,22H,12-14H2,1-3H3/t19-,22-/m0/s1. The monoisotopic (exact) mass is 431 g/mol. The van der Waals surface area contributed by atoms with Crippen molar-refractivity contribution in [3.05, 3.63) is 65.5 Å². The van der Waals surface area contributed by atoms with Crippen LogP contribution >= 0.6 is 0 Å². The van der Waals surface area contributed by atoms with Crippen LogP contribution in [0.25, 0.3) is 11.1 Å². The third-order valence-electron chi connectivity index (χ3n) is 6.54. The average molecular weight is 431 g/mol. The summed E-state index contributed by atoms with van der Waals surface area (Å²) >= 11 is 0. The number of aryl methyl sites for hydroxylation is 2. The Morgan fingerprint density at radius 1 is 1.16 bits per heavy atom. The van der Waals surface area contributed by atoms with Crippen LogP contribution in [0.1, 0.15) is 23.4 Å². The molecule has 1 aromatic heterocycles. The summed E-state index contributed by atoms with van der Waals surface area (Å²) in [5, 5.41) is 3.93. The highest BCUT2D eigenvalue weighted by molar-refractivity contribution is 6.05. The van der Waals surface area contributed by atoms with Crippen LogP contribution in [-0.4, -0.2) is 47.6 Å². The Bertz CT molecular complexity index is 1170. The van der Waals surface area contributed by atoms with Gasteiger partial charge in [-0.2, -0.15) is 0 Å². The van der Waals surface area contributed by atoms with Crippen molar-refractivity contribution in [1.29, 1.82) is 0 Å². The van der Waals surface area contributed by atoms with Crippen LogP contribution in [0, 0.1) is 13.8 Å². The Kier molecular flexibility index (Phi) is 4.96. The summed E-state index contributed by atoms with van der Waals surface area (Å²) < 4.78 is 10.8. The molecule has 0 saturated carbocycles. The minimum absolute atomic E-state index is 0.0584. The molecule has 2 fully saturated rings. The Morgan fingerprint density at radius 2 is 1.94 bits per heavy atom. The number of benzene rings is 2. The highest BCUT2D eigenvalue weighted by Gasteiger charge is 2.52. The van der Waals surface area contributed by atoms with Crippen molar-refractivity contribution >= 4 is 17.5 Å². The Labute approximate surface area is 186 Å². The first-order chi connectivity index (χ1) is 15.5. The van der Waals surface area contributed by atoms with Gasteiger partial charge in [0.05, 0.1) is 31.0 Å². The van der Waals surface area contributed by atoms with Gasteiger partial charge in [0.15, 0.2) is 0 Å². The molecular formula is C25H25N3O4. The zero-order valence-corrected chi connectivity index (χ0v) is 18.4. The number of nitrogens with zero attached hydrogens (tertiary/aromatic N) is 3. The molecule has 0 aliphatic carbocycles. The van der Waals surface area contributed by atoms with Crippen molar-refractivity contribution < 1.29 is 18.8 Å². The van der Waals surface area contributed by atoms with Crippen LogP contribution in [0.3, 0.4) is 0 Å². The molecule has 2 aromatic carbocycles. The molecule has 2 saturated heterocycles. The number of hydrogen-bond acceptors (Lipinski definition) is 5. The molecule has 0 N–H and O–H groups in total. The molecule has 0 radical (unpaired) electrons. The van der Waals surface area contributed by atoms with E-state index < -0.39 is 6.04 Å². The Hall–Kier alpha value is -3.61. The average Bonchev–Trinajstić information content (AvgIpc) is 3.48. The summed E-state index contributed by atoms with van der Waals surface area (Å²) in [5.74, 6) is 1.18. The van der Waals surface area contributed by atoms with E-state index in [-0.39, 0.29) is 24.3 Å². The van der Waals surface area contributed by atoms with Crippen molar-refractivity contribution in [2.24, 2.45) is 0 Å². The maximum Gasteiger partial charge on any atom is 0.250 e. The molecular weight excluding hydrogens is 406 g/mol. The largest absolute Gasteiger partial charge is 0.495 e. The Balaban J connectivity index is 1.40. The van der Waals surface area contributed by atoms with Crippen LogP contribution in [0.15, 0.2) is 53.1 Å². The van der Waals surface area contributed by atoms with Gasteiger partial charge in [0.25, 0.3) is 0 Å². The van der Waals surface area contributed by atoms with E-state index in [1.54, 1.807) is 18.9 Å². The molecule has 0 spiro atoms. The van der Waals surface area contributed by atoms with Gasteiger partial charge < -0.3 is 19.1 Å². The van der Waals surface area contributed by atoms with Crippen molar-refractivity contribution in [3.63, 3.8) is 0 Å². The first kappa shape index (κ1) is 20.3. The molecule has 7 heteroatoms. The first-order valence-corrected chi connectivity index (χ1v) is 10.8.